The molecule has 2 atom stereocenters. The molecule has 0 aliphatic carbocycles. The maximum absolute atomic E-state index is 13.4. The van der Waals surface area contributed by atoms with E-state index in [1.807, 2.05) is 30.3 Å². The number of Topliss-reactive ketones (excluding diaryl/α,β-unsaturated/α-hetero) is 1. The second-order valence-corrected chi connectivity index (χ2v) is 9.48. The van der Waals surface area contributed by atoms with Crippen molar-refractivity contribution in [3.05, 3.63) is 65.8 Å². The molecule has 4 rings (SSSR count). The van der Waals surface area contributed by atoms with Gasteiger partial charge in [0.2, 0.25) is 11.9 Å². The summed E-state index contributed by atoms with van der Waals surface area (Å²) in [6.45, 7) is 7.85. The van der Waals surface area contributed by atoms with E-state index in [-0.39, 0.29) is 28.7 Å². The van der Waals surface area contributed by atoms with Gasteiger partial charge in [0.05, 0.1) is 12.5 Å². The maximum atomic E-state index is 13.4. The van der Waals surface area contributed by atoms with E-state index < -0.39 is 11.8 Å². The minimum atomic E-state index is -0.538. The van der Waals surface area contributed by atoms with Gasteiger partial charge >= 0.3 is 0 Å². The molecule has 0 spiro atoms. The molecule has 2 aliphatic rings. The van der Waals surface area contributed by atoms with Crippen LogP contribution in [0.2, 0.25) is 0 Å². The van der Waals surface area contributed by atoms with Gasteiger partial charge in [0.15, 0.2) is 5.78 Å². The maximum Gasteiger partial charge on any atom is 0.255 e. The third kappa shape index (κ3) is 3.99. The smallest absolute Gasteiger partial charge is 0.255 e. The number of ketones is 1. The predicted molar refractivity (Wildman–Crippen MR) is 115 cm³/mol. The summed E-state index contributed by atoms with van der Waals surface area (Å²) >= 11 is 0. The van der Waals surface area contributed by atoms with Crippen LogP contribution in [0.1, 0.15) is 18.4 Å². The number of anilines is 1. The molecule has 1 aromatic heterocycles. The quantitative estimate of drug-likeness (QED) is 0.566. The van der Waals surface area contributed by atoms with Gasteiger partial charge in [-0.05, 0) is 42.4 Å². The SMILES string of the molecule is [C-]#[N+]C(C(=O)[C@H]1CN(c2ncccn2)C(=O)[C@@H]1Cc1ccccc1)=S1CCCC1. The average Bonchev–Trinajstić information content (AvgIpc) is 3.39. The molecule has 3 heterocycles. The first-order valence-corrected chi connectivity index (χ1v) is 11.3. The standard InChI is InChI=1S/C22H22N4O2S/c1-23-20(29-12-5-6-13-29)19(27)18-15-26(22-24-10-7-11-25-22)21(28)17(18)14-16-8-3-2-4-9-16/h2-4,7-11,17-18H,5-6,12-15H2/t17-,18+/m1/s1. The molecule has 1 aromatic carbocycles. The molecule has 2 fully saturated rings. The van der Waals surface area contributed by atoms with Gasteiger partial charge in [0.1, 0.15) is 0 Å². The molecule has 0 N–H and O–H groups in total. The molecule has 1 amide bonds. The second kappa shape index (κ2) is 8.66. The van der Waals surface area contributed by atoms with Gasteiger partial charge in [-0.15, -0.1) is 0 Å². The molecule has 0 saturated carbocycles. The number of aromatic nitrogens is 2. The van der Waals surface area contributed by atoms with Crippen molar-refractivity contribution in [3.63, 3.8) is 0 Å². The highest BCUT2D eigenvalue weighted by molar-refractivity contribution is 8.17. The van der Waals surface area contributed by atoms with Crippen LogP contribution in [-0.4, -0.2) is 44.7 Å². The lowest BCUT2D eigenvalue weighted by Gasteiger charge is -2.16. The Labute approximate surface area is 172 Å². The largest absolute Gasteiger partial charge is 0.307 e. The molecule has 7 heteroatoms. The highest BCUT2D eigenvalue weighted by atomic mass is 32.2. The van der Waals surface area contributed by atoms with Crippen molar-refractivity contribution < 1.29 is 9.59 Å². The summed E-state index contributed by atoms with van der Waals surface area (Å²) in [5.74, 6) is 0.812. The number of nitrogens with zero attached hydrogens (tertiary/aromatic N) is 4. The molecular weight excluding hydrogens is 384 g/mol. The summed E-state index contributed by atoms with van der Waals surface area (Å²) < 4.78 is 0. The third-order valence-electron chi connectivity index (χ3n) is 5.49. The van der Waals surface area contributed by atoms with E-state index in [1.165, 1.54) is 4.90 Å². The zero-order valence-corrected chi connectivity index (χ0v) is 16.8. The first-order chi connectivity index (χ1) is 14.2. The molecular formula is C22H22N4O2S. The predicted octanol–water partition coefficient (Wildman–Crippen LogP) is 2.98. The van der Waals surface area contributed by atoms with Crippen molar-refractivity contribution in [1.82, 2.24) is 9.97 Å². The zero-order valence-electron chi connectivity index (χ0n) is 16.0. The molecule has 2 aliphatic heterocycles. The normalized spacial score (nSPS) is 21.9. The van der Waals surface area contributed by atoms with Crippen molar-refractivity contribution >= 4 is 33.1 Å². The topological polar surface area (TPSA) is 67.5 Å². The van der Waals surface area contributed by atoms with Gasteiger partial charge in [0, 0.05) is 24.9 Å². The van der Waals surface area contributed by atoms with Crippen molar-refractivity contribution in [3.8, 4) is 0 Å². The molecule has 148 valence electrons. The van der Waals surface area contributed by atoms with Crippen LogP contribution in [0.25, 0.3) is 4.85 Å². The van der Waals surface area contributed by atoms with Gasteiger partial charge < -0.3 is 4.79 Å². The van der Waals surface area contributed by atoms with Crippen LogP contribution in [-0.2, 0) is 16.0 Å². The Hall–Kier alpha value is -2.85. The Morgan fingerprint density at radius 3 is 2.48 bits per heavy atom. The number of amides is 1. The summed E-state index contributed by atoms with van der Waals surface area (Å²) in [5, 5.41) is 0. The zero-order chi connectivity index (χ0) is 20.2. The van der Waals surface area contributed by atoms with Gasteiger partial charge in [-0.25, -0.2) is 14.8 Å². The van der Waals surface area contributed by atoms with Crippen molar-refractivity contribution in [2.45, 2.75) is 19.3 Å². The number of carbonyl (C=O) groups is 2. The van der Waals surface area contributed by atoms with E-state index in [0.717, 1.165) is 29.9 Å². The van der Waals surface area contributed by atoms with Crippen molar-refractivity contribution in [1.29, 1.82) is 0 Å². The van der Waals surface area contributed by atoms with E-state index in [1.54, 1.807) is 18.5 Å². The summed E-state index contributed by atoms with van der Waals surface area (Å²) in [5.41, 5.74) is 1.01. The summed E-state index contributed by atoms with van der Waals surface area (Å²) in [6, 6.07) is 11.4. The fourth-order valence-corrected chi connectivity index (χ4v) is 6.29. The lowest BCUT2D eigenvalue weighted by atomic mass is 9.86. The van der Waals surface area contributed by atoms with Crippen LogP contribution in [0, 0.1) is 18.4 Å². The molecule has 0 radical (unpaired) electrons. The average molecular weight is 407 g/mol. The molecule has 2 aromatic rings. The van der Waals surface area contributed by atoms with Crippen LogP contribution in [0.15, 0.2) is 48.8 Å². The van der Waals surface area contributed by atoms with Crippen LogP contribution >= 0.6 is 10.5 Å². The number of hydrogen-bond donors (Lipinski definition) is 0. The second-order valence-electron chi connectivity index (χ2n) is 7.29. The molecule has 0 bridgehead atoms. The minimum absolute atomic E-state index is 0.141. The monoisotopic (exact) mass is 406 g/mol. The lowest BCUT2D eigenvalue weighted by molar-refractivity contribution is -0.124. The van der Waals surface area contributed by atoms with Crippen LogP contribution in [0.4, 0.5) is 5.95 Å². The Kier molecular flexibility index (Phi) is 5.81. The summed E-state index contributed by atoms with van der Waals surface area (Å²) in [4.78, 5) is 40.6. The van der Waals surface area contributed by atoms with E-state index in [9.17, 15) is 9.59 Å². The van der Waals surface area contributed by atoms with Crippen LogP contribution in [0.5, 0.6) is 0 Å². The van der Waals surface area contributed by atoms with Crippen molar-refractivity contribution in [2.75, 3.05) is 23.0 Å². The first-order valence-electron chi connectivity index (χ1n) is 9.77. The Morgan fingerprint density at radius 2 is 1.83 bits per heavy atom. The fraction of sp³-hybridized carbons (Fsp3) is 0.364. The lowest BCUT2D eigenvalue weighted by Crippen LogP contribution is -2.30. The van der Waals surface area contributed by atoms with E-state index in [0.29, 0.717) is 17.4 Å². The number of rotatable bonds is 5. The highest BCUT2D eigenvalue weighted by Gasteiger charge is 2.46. The molecule has 29 heavy (non-hydrogen) atoms. The molecule has 2 saturated heterocycles. The van der Waals surface area contributed by atoms with E-state index in [4.69, 9.17) is 6.57 Å². The minimum Gasteiger partial charge on any atom is -0.307 e. The van der Waals surface area contributed by atoms with Crippen LogP contribution in [0.3, 0.4) is 0 Å². The van der Waals surface area contributed by atoms with Crippen molar-refractivity contribution in [2.24, 2.45) is 11.8 Å². The molecule has 0 unspecified atom stereocenters. The van der Waals surface area contributed by atoms with E-state index in [2.05, 4.69) is 14.8 Å². The highest BCUT2D eigenvalue weighted by Crippen LogP contribution is 2.34. The molecule has 6 nitrogen and oxygen atoms in total. The first kappa shape index (κ1) is 19.5. The van der Waals surface area contributed by atoms with Gasteiger partial charge in [-0.2, -0.15) is 10.5 Å². The fourth-order valence-electron chi connectivity index (χ4n) is 4.03. The summed E-state index contributed by atoms with van der Waals surface area (Å²) in [7, 11) is -0.268. The van der Waals surface area contributed by atoms with Gasteiger partial charge in [-0.3, -0.25) is 9.69 Å². The van der Waals surface area contributed by atoms with Gasteiger partial charge in [0.25, 0.3) is 4.99 Å². The Morgan fingerprint density at radius 1 is 1.14 bits per heavy atom. The number of hydrogen-bond acceptors (Lipinski definition) is 4. The number of carbonyl (C=O) groups excluding carboxylic acids is 2. The Bertz CT molecular complexity index is 977. The third-order valence-corrected chi connectivity index (χ3v) is 7.90. The van der Waals surface area contributed by atoms with E-state index >= 15 is 0 Å². The van der Waals surface area contributed by atoms with Crippen LogP contribution < -0.4 is 4.90 Å². The number of benzene rings is 1. The summed E-state index contributed by atoms with van der Waals surface area (Å²) in [6.07, 6.45) is 5.78. The van der Waals surface area contributed by atoms with Gasteiger partial charge in [-0.1, -0.05) is 30.3 Å². The Balaban J connectivity index is 1.68.